The lowest BCUT2D eigenvalue weighted by Gasteiger charge is -2.08. The molecule has 1 nitrogen and oxygen atoms in total. The third kappa shape index (κ3) is 2.73. The topological polar surface area (TPSA) is 9.23 Å². The average molecular weight is 242 g/mol. The van der Waals surface area contributed by atoms with E-state index in [1.165, 1.54) is 11.1 Å². The molecular weight excluding hydrogens is 228 g/mol. The van der Waals surface area contributed by atoms with E-state index in [1.54, 1.807) is 0 Å². The van der Waals surface area contributed by atoms with Crippen LogP contribution in [0, 0.1) is 20.8 Å². The summed E-state index contributed by atoms with van der Waals surface area (Å²) in [6.07, 6.45) is 0.800. The fourth-order valence-corrected chi connectivity index (χ4v) is 1.41. The van der Waals surface area contributed by atoms with Gasteiger partial charge in [-0.15, -0.1) is 0 Å². The number of hydrogen-bond acceptors (Lipinski definition) is 1. The molecule has 0 unspecified atom stereocenters. The Bertz CT molecular complexity index is 271. The Morgan fingerprint density at radius 2 is 1.85 bits per heavy atom. The van der Waals surface area contributed by atoms with Crippen molar-refractivity contribution in [2.24, 2.45) is 0 Å². The summed E-state index contributed by atoms with van der Waals surface area (Å²) in [5.41, 5.74) is 2.41. The molecule has 0 aliphatic carbocycles. The lowest BCUT2D eigenvalue weighted by atomic mass is 10.1. The predicted octanol–water partition coefficient (Wildman–Crippen LogP) is 3.67. The van der Waals surface area contributed by atoms with Crippen molar-refractivity contribution in [2.75, 3.05) is 6.61 Å². The number of hydrogen-bond donors (Lipinski definition) is 0. The lowest BCUT2D eigenvalue weighted by Crippen LogP contribution is -1.96. The van der Waals surface area contributed by atoms with Gasteiger partial charge in [0, 0.05) is 4.47 Å². The summed E-state index contributed by atoms with van der Waals surface area (Å²) in [6.45, 7) is 8.54. The van der Waals surface area contributed by atoms with Gasteiger partial charge in [0.25, 0.3) is 0 Å². The van der Waals surface area contributed by atoms with Crippen LogP contribution in [0.25, 0.3) is 0 Å². The highest BCUT2D eigenvalue weighted by Gasteiger charge is 2.02. The average Bonchev–Trinajstić information content (AvgIpc) is 2.10. The van der Waals surface area contributed by atoms with E-state index >= 15 is 0 Å². The third-order valence-electron chi connectivity index (χ3n) is 1.82. The van der Waals surface area contributed by atoms with Crippen molar-refractivity contribution in [3.05, 3.63) is 34.7 Å². The molecule has 0 spiro atoms. The molecule has 0 N–H and O–H groups in total. The highest BCUT2D eigenvalue weighted by molar-refractivity contribution is 9.10. The van der Waals surface area contributed by atoms with E-state index in [0.29, 0.717) is 6.61 Å². The van der Waals surface area contributed by atoms with Crippen molar-refractivity contribution in [1.82, 2.24) is 0 Å². The number of ether oxygens (including phenoxy) is 1. The molecule has 1 aromatic carbocycles. The lowest BCUT2D eigenvalue weighted by molar-refractivity contribution is 0.324. The van der Waals surface area contributed by atoms with Crippen LogP contribution in [0.15, 0.2) is 16.6 Å². The Labute approximate surface area is 88.2 Å². The molecule has 1 radical (unpaired) electrons. The second-order valence-corrected chi connectivity index (χ2v) is 3.87. The minimum absolute atomic E-state index is 0.681. The molecule has 0 bridgehead atoms. The van der Waals surface area contributed by atoms with Crippen LogP contribution in [0.3, 0.4) is 0 Å². The van der Waals surface area contributed by atoms with Gasteiger partial charge < -0.3 is 4.74 Å². The zero-order valence-corrected chi connectivity index (χ0v) is 9.65. The highest BCUT2D eigenvalue weighted by atomic mass is 79.9. The van der Waals surface area contributed by atoms with E-state index in [0.717, 1.165) is 16.6 Å². The van der Waals surface area contributed by atoms with Gasteiger partial charge in [-0.25, -0.2) is 0 Å². The van der Waals surface area contributed by atoms with E-state index in [-0.39, 0.29) is 0 Å². The standard InChI is InChI=1S/C11H14BrO/c1-4-5-13-10-6-8(2)11(12)9(3)7-10/h6-7H,1,4-5H2,2-3H3. The van der Waals surface area contributed by atoms with Crippen molar-refractivity contribution in [2.45, 2.75) is 20.3 Å². The fraction of sp³-hybridized carbons (Fsp3) is 0.364. The summed E-state index contributed by atoms with van der Waals surface area (Å²) < 4.78 is 6.65. The van der Waals surface area contributed by atoms with Crippen LogP contribution >= 0.6 is 15.9 Å². The maximum Gasteiger partial charge on any atom is 0.119 e. The quantitative estimate of drug-likeness (QED) is 0.785. The second kappa shape index (κ2) is 4.66. The summed E-state index contributed by atoms with van der Waals surface area (Å²) in [7, 11) is 0. The van der Waals surface area contributed by atoms with Gasteiger partial charge >= 0.3 is 0 Å². The predicted molar refractivity (Wildman–Crippen MR) is 59.1 cm³/mol. The zero-order valence-electron chi connectivity index (χ0n) is 8.06. The summed E-state index contributed by atoms with van der Waals surface area (Å²) in [4.78, 5) is 0. The molecule has 2 heteroatoms. The summed E-state index contributed by atoms with van der Waals surface area (Å²) >= 11 is 3.51. The Balaban J connectivity index is 2.86. The second-order valence-electron chi connectivity index (χ2n) is 3.07. The molecule has 0 aliphatic heterocycles. The summed E-state index contributed by atoms with van der Waals surface area (Å²) in [6, 6.07) is 4.07. The molecule has 0 fully saturated rings. The minimum atomic E-state index is 0.681. The minimum Gasteiger partial charge on any atom is -0.494 e. The Morgan fingerprint density at radius 3 is 2.31 bits per heavy atom. The maximum absolute atomic E-state index is 5.49. The van der Waals surface area contributed by atoms with Gasteiger partial charge in [0.05, 0.1) is 6.61 Å². The number of benzene rings is 1. The van der Waals surface area contributed by atoms with Gasteiger partial charge in [0.1, 0.15) is 5.75 Å². The molecule has 71 valence electrons. The first-order chi connectivity index (χ1) is 6.15. The van der Waals surface area contributed by atoms with Gasteiger partial charge in [0.15, 0.2) is 0 Å². The maximum atomic E-state index is 5.49. The molecule has 0 amide bonds. The van der Waals surface area contributed by atoms with Crippen LogP contribution in [-0.2, 0) is 0 Å². The molecule has 13 heavy (non-hydrogen) atoms. The molecule has 1 aromatic rings. The van der Waals surface area contributed by atoms with Crippen LogP contribution in [0.5, 0.6) is 5.75 Å². The van der Waals surface area contributed by atoms with E-state index in [4.69, 9.17) is 4.74 Å². The van der Waals surface area contributed by atoms with Crippen molar-refractivity contribution >= 4 is 15.9 Å². The van der Waals surface area contributed by atoms with Crippen molar-refractivity contribution in [1.29, 1.82) is 0 Å². The molecule has 0 aromatic heterocycles. The van der Waals surface area contributed by atoms with Crippen molar-refractivity contribution in [3.8, 4) is 5.75 Å². The Kier molecular flexibility index (Phi) is 3.79. The van der Waals surface area contributed by atoms with Crippen molar-refractivity contribution < 1.29 is 4.74 Å². The number of rotatable bonds is 3. The van der Waals surface area contributed by atoms with Gasteiger partial charge in [-0.1, -0.05) is 15.9 Å². The molecule has 0 aliphatic rings. The van der Waals surface area contributed by atoms with Gasteiger partial charge in [-0.3, -0.25) is 0 Å². The number of aryl methyl sites for hydroxylation is 2. The smallest absolute Gasteiger partial charge is 0.119 e. The summed E-state index contributed by atoms with van der Waals surface area (Å²) in [5, 5.41) is 0. The van der Waals surface area contributed by atoms with Gasteiger partial charge in [0.2, 0.25) is 0 Å². The van der Waals surface area contributed by atoms with Gasteiger partial charge in [-0.2, -0.15) is 0 Å². The van der Waals surface area contributed by atoms with Crippen LogP contribution < -0.4 is 4.74 Å². The zero-order chi connectivity index (χ0) is 9.84. The molecule has 0 atom stereocenters. The van der Waals surface area contributed by atoms with Crippen LogP contribution in [-0.4, -0.2) is 6.61 Å². The first-order valence-corrected chi connectivity index (χ1v) is 5.13. The normalized spacial score (nSPS) is 10.2. The van der Waals surface area contributed by atoms with E-state index in [9.17, 15) is 0 Å². The van der Waals surface area contributed by atoms with E-state index in [2.05, 4.69) is 36.7 Å². The SMILES string of the molecule is [CH2]CCOc1cc(C)c(Br)c(C)c1. The molecule has 0 saturated carbocycles. The molecule has 0 heterocycles. The highest BCUT2D eigenvalue weighted by Crippen LogP contribution is 2.26. The molecular formula is C11H14BrO. The Morgan fingerprint density at radius 1 is 1.31 bits per heavy atom. The van der Waals surface area contributed by atoms with E-state index < -0.39 is 0 Å². The largest absolute Gasteiger partial charge is 0.494 e. The fourth-order valence-electron chi connectivity index (χ4n) is 1.18. The summed E-state index contributed by atoms with van der Waals surface area (Å²) in [5.74, 6) is 0.932. The monoisotopic (exact) mass is 241 g/mol. The van der Waals surface area contributed by atoms with Crippen LogP contribution in [0.4, 0.5) is 0 Å². The van der Waals surface area contributed by atoms with Crippen LogP contribution in [0.2, 0.25) is 0 Å². The molecule has 0 saturated heterocycles. The first kappa shape index (κ1) is 10.6. The number of halogens is 1. The van der Waals surface area contributed by atoms with Gasteiger partial charge in [-0.05, 0) is 50.5 Å². The first-order valence-electron chi connectivity index (χ1n) is 4.34. The Hall–Kier alpha value is -0.500. The molecule has 1 rings (SSSR count). The van der Waals surface area contributed by atoms with Crippen molar-refractivity contribution in [3.63, 3.8) is 0 Å². The van der Waals surface area contributed by atoms with Crippen LogP contribution in [0.1, 0.15) is 17.5 Å². The van der Waals surface area contributed by atoms with E-state index in [1.807, 2.05) is 12.1 Å². The third-order valence-corrected chi connectivity index (χ3v) is 3.07.